The molecule has 1 fully saturated rings. The highest BCUT2D eigenvalue weighted by molar-refractivity contribution is 5.73. The van der Waals surface area contributed by atoms with Crippen LogP contribution in [0.4, 0.5) is 0 Å². The Morgan fingerprint density at radius 2 is 1.46 bits per heavy atom. The fraction of sp³-hybridized carbons (Fsp3) is 0.952. The Kier molecular flexibility index (Phi) is 8.90. The monoisotopic (exact) mass is 404 g/mol. The number of cyclic esters (lactones) is 1. The van der Waals surface area contributed by atoms with Crippen molar-refractivity contribution in [2.24, 2.45) is 29.6 Å². The van der Waals surface area contributed by atoms with E-state index >= 15 is 0 Å². The second-order valence-electron chi connectivity index (χ2n) is 9.20. The fourth-order valence-electron chi connectivity index (χ4n) is 4.48. The SMILES string of the molecule is CCC1OC(=O)[C@H](C)[C@@H](O)[C@H](C)[C@@H](O)[C@@](C)(O)C[C@@H](C)[C@@H](O)[C@H](C)[C@@H](O)[C@H]1C. The third kappa shape index (κ3) is 5.45. The molecule has 1 rings (SSSR count). The third-order valence-corrected chi connectivity index (χ3v) is 6.75. The van der Waals surface area contributed by atoms with Crippen molar-refractivity contribution in [1.82, 2.24) is 0 Å². The second kappa shape index (κ2) is 9.85. The van der Waals surface area contributed by atoms with Crippen molar-refractivity contribution in [1.29, 1.82) is 0 Å². The minimum absolute atomic E-state index is 0.0773. The Hall–Kier alpha value is -0.730. The molecule has 1 aliphatic rings. The summed E-state index contributed by atoms with van der Waals surface area (Å²) in [7, 11) is 0. The van der Waals surface area contributed by atoms with E-state index in [2.05, 4.69) is 0 Å². The smallest absolute Gasteiger partial charge is 0.311 e. The van der Waals surface area contributed by atoms with E-state index in [0.717, 1.165) is 0 Å². The van der Waals surface area contributed by atoms with E-state index in [9.17, 15) is 30.3 Å². The van der Waals surface area contributed by atoms with Gasteiger partial charge in [-0.2, -0.15) is 0 Å². The molecule has 0 spiro atoms. The maximum absolute atomic E-state index is 12.6. The van der Waals surface area contributed by atoms with Crippen LogP contribution < -0.4 is 0 Å². The highest BCUT2D eigenvalue weighted by Crippen LogP contribution is 2.34. The van der Waals surface area contributed by atoms with E-state index in [-0.39, 0.29) is 6.42 Å². The average Bonchev–Trinajstić information content (AvgIpc) is 2.65. The number of aliphatic hydroxyl groups excluding tert-OH is 4. The number of carbonyl (C=O) groups is 1. The van der Waals surface area contributed by atoms with Crippen LogP contribution in [0.5, 0.6) is 0 Å². The van der Waals surface area contributed by atoms with Gasteiger partial charge in [-0.1, -0.05) is 34.6 Å². The van der Waals surface area contributed by atoms with Crippen molar-refractivity contribution in [2.45, 2.75) is 97.4 Å². The molecule has 1 heterocycles. The Balaban J connectivity index is 3.30. The van der Waals surface area contributed by atoms with E-state index in [1.807, 2.05) is 6.92 Å². The maximum atomic E-state index is 12.6. The topological polar surface area (TPSA) is 127 Å². The zero-order chi connectivity index (χ0) is 22.0. The third-order valence-electron chi connectivity index (χ3n) is 6.75. The molecule has 166 valence electrons. The van der Waals surface area contributed by atoms with Crippen molar-refractivity contribution in [3.8, 4) is 0 Å². The molecule has 7 nitrogen and oxygen atoms in total. The minimum Gasteiger partial charge on any atom is -0.462 e. The molecule has 1 unspecified atom stereocenters. The number of hydrogen-bond acceptors (Lipinski definition) is 7. The van der Waals surface area contributed by atoms with Gasteiger partial charge in [-0.3, -0.25) is 4.79 Å². The van der Waals surface area contributed by atoms with Gasteiger partial charge in [0.25, 0.3) is 0 Å². The molecule has 0 amide bonds. The molecule has 7 heteroatoms. The van der Waals surface area contributed by atoms with Crippen LogP contribution in [-0.2, 0) is 9.53 Å². The first-order valence-electron chi connectivity index (χ1n) is 10.4. The first kappa shape index (κ1) is 25.3. The van der Waals surface area contributed by atoms with E-state index in [4.69, 9.17) is 4.74 Å². The molecule has 0 aromatic carbocycles. The van der Waals surface area contributed by atoms with Crippen LogP contribution in [0.1, 0.15) is 61.3 Å². The van der Waals surface area contributed by atoms with E-state index < -0.39 is 71.7 Å². The van der Waals surface area contributed by atoms with Crippen molar-refractivity contribution in [3.63, 3.8) is 0 Å². The van der Waals surface area contributed by atoms with Gasteiger partial charge in [0, 0.05) is 17.8 Å². The highest BCUT2D eigenvalue weighted by Gasteiger charge is 2.44. The molecule has 5 N–H and O–H groups in total. The second-order valence-corrected chi connectivity index (χ2v) is 9.20. The number of rotatable bonds is 1. The van der Waals surface area contributed by atoms with Crippen molar-refractivity contribution < 1.29 is 35.1 Å². The van der Waals surface area contributed by atoms with Crippen molar-refractivity contribution >= 4 is 5.97 Å². The van der Waals surface area contributed by atoms with Gasteiger partial charge in [0.15, 0.2) is 0 Å². The summed E-state index contributed by atoms with van der Waals surface area (Å²) in [5, 5.41) is 53.6. The van der Waals surface area contributed by atoms with Gasteiger partial charge < -0.3 is 30.3 Å². The number of esters is 1. The van der Waals surface area contributed by atoms with Crippen LogP contribution in [0.15, 0.2) is 0 Å². The number of hydrogen-bond donors (Lipinski definition) is 5. The lowest BCUT2D eigenvalue weighted by atomic mass is 9.74. The summed E-state index contributed by atoms with van der Waals surface area (Å²) in [5.41, 5.74) is -1.59. The zero-order valence-corrected chi connectivity index (χ0v) is 18.2. The normalized spacial score (nSPS) is 49.9. The van der Waals surface area contributed by atoms with Crippen LogP contribution >= 0.6 is 0 Å². The van der Waals surface area contributed by atoms with Gasteiger partial charge in [-0.15, -0.1) is 0 Å². The Morgan fingerprint density at radius 3 is 1.96 bits per heavy atom. The Labute approximate surface area is 168 Å². The van der Waals surface area contributed by atoms with E-state index in [0.29, 0.717) is 6.42 Å². The lowest BCUT2D eigenvalue weighted by molar-refractivity contribution is -0.173. The number of carbonyl (C=O) groups excluding carboxylic acids is 1. The maximum Gasteiger partial charge on any atom is 0.311 e. The van der Waals surface area contributed by atoms with Gasteiger partial charge in [0.2, 0.25) is 0 Å². The fourth-order valence-corrected chi connectivity index (χ4v) is 4.48. The summed E-state index contributed by atoms with van der Waals surface area (Å²) in [6.07, 6.45) is -4.37. The quantitative estimate of drug-likeness (QED) is 0.414. The molecule has 0 radical (unpaired) electrons. The van der Waals surface area contributed by atoms with Crippen LogP contribution in [0.2, 0.25) is 0 Å². The molecule has 0 bridgehead atoms. The minimum atomic E-state index is -1.59. The Bertz CT molecular complexity index is 509. The van der Waals surface area contributed by atoms with Gasteiger partial charge in [-0.25, -0.2) is 0 Å². The number of ether oxygens (including phenoxy) is 1. The largest absolute Gasteiger partial charge is 0.462 e. The summed E-state index contributed by atoms with van der Waals surface area (Å²) < 4.78 is 5.57. The van der Waals surface area contributed by atoms with Gasteiger partial charge in [0.1, 0.15) is 6.10 Å². The molecule has 0 saturated carbocycles. The first-order valence-corrected chi connectivity index (χ1v) is 10.4. The summed E-state index contributed by atoms with van der Waals surface area (Å²) in [6, 6.07) is 0. The van der Waals surface area contributed by atoms with Crippen molar-refractivity contribution in [2.75, 3.05) is 0 Å². The zero-order valence-electron chi connectivity index (χ0n) is 18.2. The predicted octanol–water partition coefficient (Wildman–Crippen LogP) is 1.09. The van der Waals surface area contributed by atoms with Gasteiger partial charge >= 0.3 is 5.97 Å². The molecule has 1 saturated heterocycles. The lowest BCUT2D eigenvalue weighted by Gasteiger charge is -2.41. The standard InChI is InChI=1S/C21H40O7/c1-8-15-11(3)17(23)12(4)16(22)10(2)9-21(7,27)19(25)13(5)18(24)14(6)20(26)28-15/h10-19,22-25,27H,8-9H2,1-7H3/t10-,11+,12+,13+,14-,15?,16-,17+,18+,19-,21+/m1/s1. The van der Waals surface area contributed by atoms with E-state index in [1.54, 1.807) is 27.7 Å². The average molecular weight is 405 g/mol. The molecular weight excluding hydrogens is 364 g/mol. The molecule has 28 heavy (non-hydrogen) atoms. The summed E-state index contributed by atoms with van der Waals surface area (Å²) in [4.78, 5) is 12.6. The van der Waals surface area contributed by atoms with Crippen LogP contribution in [0.3, 0.4) is 0 Å². The predicted molar refractivity (Wildman–Crippen MR) is 105 cm³/mol. The first-order chi connectivity index (χ1) is 12.8. The molecule has 1 aliphatic heterocycles. The molecule has 0 aromatic rings. The molecule has 0 aliphatic carbocycles. The summed E-state index contributed by atoms with van der Waals surface area (Å²) in [5.74, 6) is -3.65. The lowest BCUT2D eigenvalue weighted by Crippen LogP contribution is -2.52. The highest BCUT2D eigenvalue weighted by atomic mass is 16.5. The summed E-state index contributed by atoms with van der Waals surface area (Å²) in [6.45, 7) is 11.7. The van der Waals surface area contributed by atoms with E-state index in [1.165, 1.54) is 13.8 Å². The molecular formula is C21H40O7. The summed E-state index contributed by atoms with van der Waals surface area (Å²) >= 11 is 0. The number of aliphatic hydroxyl groups is 5. The molecule has 11 atom stereocenters. The van der Waals surface area contributed by atoms with Gasteiger partial charge in [0.05, 0.1) is 35.9 Å². The Morgan fingerprint density at radius 1 is 0.929 bits per heavy atom. The van der Waals surface area contributed by atoms with Crippen molar-refractivity contribution in [3.05, 3.63) is 0 Å². The van der Waals surface area contributed by atoms with Crippen LogP contribution in [0.25, 0.3) is 0 Å². The van der Waals surface area contributed by atoms with Crippen LogP contribution in [0, 0.1) is 29.6 Å². The molecule has 0 aromatic heterocycles. The van der Waals surface area contributed by atoms with Crippen LogP contribution in [-0.4, -0.2) is 67.6 Å². The van der Waals surface area contributed by atoms with Gasteiger partial charge in [-0.05, 0) is 32.6 Å².